The number of rotatable bonds is 4. The molecular weight excluding hydrogens is 354 g/mol. The number of hydrogen-bond acceptors (Lipinski definition) is 4. The van der Waals surface area contributed by atoms with Crippen molar-refractivity contribution >= 4 is 34.3 Å². The van der Waals surface area contributed by atoms with Crippen LogP contribution in [0.1, 0.15) is 23.6 Å². The Morgan fingerprint density at radius 3 is 2.93 bits per heavy atom. The number of anilines is 1. The minimum atomic E-state index is 0.0528. The van der Waals surface area contributed by atoms with Gasteiger partial charge in [-0.2, -0.15) is 5.26 Å². The number of hydrogen-bond donors (Lipinski definition) is 0. The molecule has 134 valence electrons. The number of nitriles is 1. The molecule has 0 saturated heterocycles. The second-order valence-corrected chi connectivity index (χ2v) is 7.51. The fourth-order valence-corrected chi connectivity index (χ4v) is 4.26. The lowest BCUT2D eigenvalue weighted by Gasteiger charge is -2.17. The molecule has 0 spiro atoms. The summed E-state index contributed by atoms with van der Waals surface area (Å²) in [5.74, 6) is 0.325. The van der Waals surface area contributed by atoms with Crippen LogP contribution in [0, 0.1) is 11.3 Å². The molecule has 5 heteroatoms. The highest BCUT2D eigenvalue weighted by molar-refractivity contribution is 8.00. The van der Waals surface area contributed by atoms with Gasteiger partial charge in [0.1, 0.15) is 11.1 Å². The maximum atomic E-state index is 12.7. The first kappa shape index (κ1) is 17.6. The highest BCUT2D eigenvalue weighted by atomic mass is 32.2. The molecule has 0 fully saturated rings. The summed E-state index contributed by atoms with van der Waals surface area (Å²) < 4.78 is 0. The Bertz CT molecular complexity index is 1070. The molecule has 1 aromatic heterocycles. The molecule has 3 aromatic rings. The first-order valence-electron chi connectivity index (χ1n) is 9.04. The van der Waals surface area contributed by atoms with Crippen LogP contribution in [0.2, 0.25) is 0 Å². The number of para-hydroxylation sites is 1. The van der Waals surface area contributed by atoms with Gasteiger partial charge in [0.25, 0.3) is 0 Å². The summed E-state index contributed by atoms with van der Waals surface area (Å²) in [4.78, 5) is 19.2. The Labute approximate surface area is 162 Å². The number of aryl methyl sites for hydroxylation is 1. The third-order valence-corrected chi connectivity index (χ3v) is 5.87. The minimum Gasteiger partial charge on any atom is -0.311 e. The quantitative estimate of drug-likeness (QED) is 0.638. The zero-order chi connectivity index (χ0) is 18.8. The van der Waals surface area contributed by atoms with Gasteiger partial charge >= 0.3 is 0 Å². The summed E-state index contributed by atoms with van der Waals surface area (Å²) in [6.07, 6.45) is 1.84. The Kier molecular flexibility index (Phi) is 4.83. The van der Waals surface area contributed by atoms with E-state index < -0.39 is 0 Å². The average molecular weight is 373 g/mol. The average Bonchev–Trinajstić information content (AvgIpc) is 3.15. The van der Waals surface area contributed by atoms with Crippen molar-refractivity contribution in [1.29, 1.82) is 5.26 Å². The van der Waals surface area contributed by atoms with E-state index in [1.165, 1.54) is 22.9 Å². The molecule has 27 heavy (non-hydrogen) atoms. The van der Waals surface area contributed by atoms with E-state index in [-0.39, 0.29) is 11.7 Å². The van der Waals surface area contributed by atoms with Crippen LogP contribution in [0.25, 0.3) is 10.9 Å². The van der Waals surface area contributed by atoms with Gasteiger partial charge in [0.15, 0.2) is 0 Å². The summed E-state index contributed by atoms with van der Waals surface area (Å²) in [5.41, 5.74) is 4.81. The van der Waals surface area contributed by atoms with E-state index >= 15 is 0 Å². The molecule has 2 aromatic carbocycles. The largest absolute Gasteiger partial charge is 0.311 e. The zero-order valence-corrected chi connectivity index (χ0v) is 15.9. The van der Waals surface area contributed by atoms with Gasteiger partial charge in [-0.3, -0.25) is 4.79 Å². The Balaban J connectivity index is 1.55. The van der Waals surface area contributed by atoms with Crippen LogP contribution in [0.15, 0.2) is 53.6 Å². The molecular formula is C22H19N3OS. The number of nitrogens with zero attached hydrogens (tertiary/aromatic N) is 3. The van der Waals surface area contributed by atoms with E-state index in [1.807, 2.05) is 35.2 Å². The van der Waals surface area contributed by atoms with Crippen molar-refractivity contribution < 1.29 is 4.79 Å². The van der Waals surface area contributed by atoms with Crippen LogP contribution < -0.4 is 4.90 Å². The van der Waals surface area contributed by atoms with Crippen molar-refractivity contribution in [1.82, 2.24) is 4.98 Å². The maximum Gasteiger partial charge on any atom is 0.237 e. The minimum absolute atomic E-state index is 0.0528. The molecule has 0 atom stereocenters. The van der Waals surface area contributed by atoms with Crippen molar-refractivity contribution in [2.75, 3.05) is 17.2 Å². The van der Waals surface area contributed by atoms with Crippen molar-refractivity contribution in [2.45, 2.75) is 24.8 Å². The number of fused-ring (bicyclic) bond motifs is 2. The molecule has 0 radical (unpaired) electrons. The molecule has 1 amide bonds. The summed E-state index contributed by atoms with van der Waals surface area (Å²) >= 11 is 1.34. The normalized spacial score (nSPS) is 12.8. The highest BCUT2D eigenvalue weighted by Crippen LogP contribution is 2.30. The van der Waals surface area contributed by atoms with Gasteiger partial charge in [0.2, 0.25) is 5.91 Å². The summed E-state index contributed by atoms with van der Waals surface area (Å²) in [6.45, 7) is 2.82. The summed E-state index contributed by atoms with van der Waals surface area (Å²) in [6, 6.07) is 18.2. The Morgan fingerprint density at radius 2 is 2.11 bits per heavy atom. The topological polar surface area (TPSA) is 57.0 Å². The molecule has 4 nitrogen and oxygen atoms in total. The van der Waals surface area contributed by atoms with Gasteiger partial charge in [-0.25, -0.2) is 4.98 Å². The molecule has 0 bridgehead atoms. The van der Waals surface area contributed by atoms with E-state index in [0.29, 0.717) is 10.6 Å². The predicted octanol–water partition coefficient (Wildman–Crippen LogP) is 4.35. The third-order valence-electron chi connectivity index (χ3n) is 4.89. The number of thioether (sulfide) groups is 1. The number of carbonyl (C=O) groups excluding carboxylic acids is 1. The smallest absolute Gasteiger partial charge is 0.237 e. The van der Waals surface area contributed by atoms with E-state index in [9.17, 15) is 10.1 Å². The Morgan fingerprint density at radius 1 is 1.26 bits per heavy atom. The van der Waals surface area contributed by atoms with Crippen molar-refractivity contribution in [3.8, 4) is 6.07 Å². The van der Waals surface area contributed by atoms with Crippen LogP contribution in [0.5, 0.6) is 0 Å². The van der Waals surface area contributed by atoms with E-state index in [0.717, 1.165) is 36.0 Å². The fraction of sp³-hybridized carbons (Fsp3) is 0.227. The first-order chi connectivity index (χ1) is 13.2. The van der Waals surface area contributed by atoms with Crippen LogP contribution in [0.3, 0.4) is 0 Å². The predicted molar refractivity (Wildman–Crippen MR) is 109 cm³/mol. The van der Waals surface area contributed by atoms with E-state index in [4.69, 9.17) is 0 Å². The monoisotopic (exact) mass is 373 g/mol. The van der Waals surface area contributed by atoms with Crippen molar-refractivity contribution in [3.63, 3.8) is 0 Å². The van der Waals surface area contributed by atoms with Crippen LogP contribution >= 0.6 is 11.8 Å². The van der Waals surface area contributed by atoms with Gasteiger partial charge in [-0.15, -0.1) is 0 Å². The fourth-order valence-electron chi connectivity index (χ4n) is 3.42. The van der Waals surface area contributed by atoms with E-state index in [1.54, 1.807) is 0 Å². The van der Waals surface area contributed by atoms with Crippen LogP contribution in [-0.2, 0) is 17.6 Å². The number of amides is 1. The number of aromatic nitrogens is 1. The van der Waals surface area contributed by atoms with Gasteiger partial charge in [-0.05, 0) is 48.2 Å². The lowest BCUT2D eigenvalue weighted by Crippen LogP contribution is -2.30. The number of pyridine rings is 1. The maximum absolute atomic E-state index is 12.7. The molecule has 1 aliphatic rings. The van der Waals surface area contributed by atoms with Gasteiger partial charge in [-0.1, -0.05) is 43.0 Å². The van der Waals surface area contributed by atoms with Crippen molar-refractivity contribution in [3.05, 3.63) is 65.2 Å². The molecule has 4 rings (SSSR count). The third kappa shape index (κ3) is 3.41. The lowest BCUT2D eigenvalue weighted by atomic mass is 10.1. The second-order valence-electron chi connectivity index (χ2n) is 6.55. The second kappa shape index (κ2) is 7.42. The van der Waals surface area contributed by atoms with Gasteiger partial charge in [0, 0.05) is 17.6 Å². The molecule has 0 aliphatic carbocycles. The first-order valence-corrected chi connectivity index (χ1v) is 10.0. The summed E-state index contributed by atoms with van der Waals surface area (Å²) in [7, 11) is 0. The Hall–Kier alpha value is -2.84. The number of benzene rings is 2. The molecule has 0 N–H and O–H groups in total. The summed E-state index contributed by atoms with van der Waals surface area (Å²) in [5, 5.41) is 11.1. The van der Waals surface area contributed by atoms with Crippen LogP contribution in [-0.4, -0.2) is 23.2 Å². The highest BCUT2D eigenvalue weighted by Gasteiger charge is 2.24. The molecule has 0 unspecified atom stereocenters. The van der Waals surface area contributed by atoms with E-state index in [2.05, 4.69) is 36.2 Å². The van der Waals surface area contributed by atoms with Gasteiger partial charge in [0.05, 0.1) is 16.8 Å². The zero-order valence-electron chi connectivity index (χ0n) is 15.1. The molecule has 0 saturated carbocycles. The molecule has 2 heterocycles. The lowest BCUT2D eigenvalue weighted by molar-refractivity contribution is -0.116. The van der Waals surface area contributed by atoms with Crippen molar-refractivity contribution in [2.24, 2.45) is 0 Å². The standard InChI is InChI=1S/C22H19N3OS/c1-2-15-7-8-19-17(11-15)12-18(13-23)22(24-19)27-14-21(26)25-10-9-16-5-3-4-6-20(16)25/h3-8,11-12H,2,9-10,14H2,1H3. The SMILES string of the molecule is CCc1ccc2nc(SCC(=O)N3CCc4ccccc43)c(C#N)cc2c1. The van der Waals surface area contributed by atoms with Crippen LogP contribution in [0.4, 0.5) is 5.69 Å². The molecule has 1 aliphatic heterocycles. The van der Waals surface area contributed by atoms with Gasteiger partial charge < -0.3 is 4.90 Å². The number of carbonyl (C=O) groups is 1.